The van der Waals surface area contributed by atoms with Gasteiger partial charge in [0.2, 0.25) is 0 Å². The van der Waals surface area contributed by atoms with E-state index < -0.39 is 29.6 Å². The number of methoxy groups -OCH3 is 1. The Morgan fingerprint density at radius 1 is 1.35 bits per heavy atom. The zero-order valence-electron chi connectivity index (χ0n) is 20.1. The number of aliphatic imine (C=N–C) groups is 1. The van der Waals surface area contributed by atoms with Crippen LogP contribution in [0.2, 0.25) is 0 Å². The summed E-state index contributed by atoms with van der Waals surface area (Å²) in [7, 11) is 1.45. The molecule has 1 unspecified atom stereocenters. The van der Waals surface area contributed by atoms with Crippen molar-refractivity contribution < 1.29 is 32.2 Å². The summed E-state index contributed by atoms with van der Waals surface area (Å²) in [5, 5.41) is 5.52. The molecule has 1 atom stereocenters. The molecule has 0 bridgehead atoms. The summed E-state index contributed by atoms with van der Waals surface area (Å²) in [4.78, 5) is 33.7. The fourth-order valence-electron chi connectivity index (χ4n) is 2.76. The van der Waals surface area contributed by atoms with E-state index in [1.54, 1.807) is 13.8 Å². The second-order valence-electron chi connectivity index (χ2n) is 7.42. The minimum Gasteiger partial charge on any atom is -0.489 e. The van der Waals surface area contributed by atoms with Gasteiger partial charge in [-0.15, -0.1) is 11.3 Å². The highest BCUT2D eigenvalue weighted by atomic mass is 79.9. The van der Waals surface area contributed by atoms with Gasteiger partial charge in [-0.3, -0.25) is 14.6 Å². The lowest BCUT2D eigenvalue weighted by atomic mass is 10.1. The van der Waals surface area contributed by atoms with Gasteiger partial charge in [0.25, 0.3) is 11.8 Å². The van der Waals surface area contributed by atoms with Crippen LogP contribution < -0.4 is 21.1 Å². The number of halogens is 4. The number of amides is 2. The third kappa shape index (κ3) is 8.40. The van der Waals surface area contributed by atoms with Crippen LogP contribution in [0.15, 0.2) is 52.3 Å². The molecule has 0 aliphatic heterocycles. The highest BCUT2D eigenvalue weighted by molar-refractivity contribution is 9.12. The number of rotatable bonds is 11. The third-order valence-electron chi connectivity index (χ3n) is 4.56. The molecular weight excluding hydrogens is 579 g/mol. The highest BCUT2D eigenvalue weighted by Crippen LogP contribution is 2.35. The maximum Gasteiger partial charge on any atom is 0.416 e. The van der Waals surface area contributed by atoms with Crippen LogP contribution in [0.1, 0.15) is 40.1 Å². The lowest BCUT2D eigenvalue weighted by Gasteiger charge is -2.15. The normalized spacial score (nSPS) is 13.4. The number of anilines is 1. The number of ether oxygens (including phenoxy) is 2. The first kappa shape index (κ1) is 30.0. The molecule has 1 aromatic carbocycles. The summed E-state index contributed by atoms with van der Waals surface area (Å²) in [6.07, 6.45) is -2.16. The Morgan fingerprint density at radius 3 is 2.65 bits per heavy atom. The van der Waals surface area contributed by atoms with Gasteiger partial charge in [0, 0.05) is 19.0 Å². The molecule has 9 nitrogen and oxygen atoms in total. The number of benzene rings is 1. The summed E-state index contributed by atoms with van der Waals surface area (Å²) in [6, 6.07) is 2.14. The fraction of sp³-hybridized carbons (Fsp3) is 0.304. The first-order valence-electron chi connectivity index (χ1n) is 10.6. The molecule has 0 radical (unpaired) electrons. The van der Waals surface area contributed by atoms with Crippen LogP contribution in [0.5, 0.6) is 5.75 Å². The number of hydrogen-bond donors (Lipinski definition) is 3. The fourth-order valence-corrected chi connectivity index (χ4v) is 3.86. The summed E-state index contributed by atoms with van der Waals surface area (Å²) in [5.74, 6) is -1.21. The van der Waals surface area contributed by atoms with E-state index >= 15 is 0 Å². The summed E-state index contributed by atoms with van der Waals surface area (Å²) >= 11 is 4.17. The number of carbonyl (C=O) groups excluding carboxylic acids is 2. The molecule has 14 heteroatoms. The molecule has 0 spiro atoms. The van der Waals surface area contributed by atoms with E-state index in [1.807, 2.05) is 0 Å². The van der Waals surface area contributed by atoms with Gasteiger partial charge in [-0.25, -0.2) is 4.98 Å². The summed E-state index contributed by atoms with van der Waals surface area (Å²) < 4.78 is 50.3. The monoisotopic (exact) mass is 603 g/mol. The van der Waals surface area contributed by atoms with Crippen LogP contribution in [0, 0.1) is 0 Å². The zero-order valence-corrected chi connectivity index (χ0v) is 22.5. The molecule has 0 aliphatic rings. The van der Waals surface area contributed by atoms with Gasteiger partial charge >= 0.3 is 6.18 Å². The topological polar surface area (TPSA) is 128 Å². The second kappa shape index (κ2) is 13.4. The molecule has 2 rings (SSSR count). The number of nitrogens with one attached hydrogen (secondary N) is 2. The molecule has 4 N–H and O–H groups in total. The zero-order chi connectivity index (χ0) is 27.8. The molecule has 2 amide bonds. The predicted molar refractivity (Wildman–Crippen MR) is 139 cm³/mol. The van der Waals surface area contributed by atoms with E-state index in [1.165, 1.54) is 19.5 Å². The Hall–Kier alpha value is -3.23. The number of thiazole rings is 1. The second-order valence-corrected chi connectivity index (χ2v) is 9.27. The lowest BCUT2D eigenvalue weighted by molar-refractivity contribution is -0.137. The summed E-state index contributed by atoms with van der Waals surface area (Å²) in [6.45, 7) is 6.98. The lowest BCUT2D eigenvalue weighted by Crippen LogP contribution is -2.33. The van der Waals surface area contributed by atoms with Crippen molar-refractivity contribution in [3.63, 3.8) is 0 Å². The maximum absolute atomic E-state index is 13.2. The van der Waals surface area contributed by atoms with Gasteiger partial charge in [0.15, 0.2) is 0 Å². The van der Waals surface area contributed by atoms with E-state index in [4.69, 9.17) is 15.2 Å². The number of alkyl halides is 3. The van der Waals surface area contributed by atoms with Crippen molar-refractivity contribution in [2.75, 3.05) is 25.6 Å². The van der Waals surface area contributed by atoms with Gasteiger partial charge < -0.3 is 25.8 Å². The number of aromatic nitrogens is 1. The van der Waals surface area contributed by atoms with Crippen molar-refractivity contribution in [2.24, 2.45) is 10.7 Å². The molecule has 1 aromatic heterocycles. The Kier molecular flexibility index (Phi) is 10.8. The molecule has 200 valence electrons. The number of hydrogen-bond acceptors (Lipinski definition) is 8. The first-order valence-corrected chi connectivity index (χ1v) is 12.2. The van der Waals surface area contributed by atoms with Crippen LogP contribution in [0.3, 0.4) is 0 Å². The largest absolute Gasteiger partial charge is 0.489 e. The van der Waals surface area contributed by atoms with Crippen LogP contribution in [-0.4, -0.2) is 42.8 Å². The summed E-state index contributed by atoms with van der Waals surface area (Å²) in [5.41, 5.74) is 4.95. The van der Waals surface area contributed by atoms with Gasteiger partial charge in [-0.05, 0) is 48.0 Å². The highest BCUT2D eigenvalue weighted by Gasteiger charge is 2.31. The quantitative estimate of drug-likeness (QED) is 0.250. The van der Waals surface area contributed by atoms with Crippen molar-refractivity contribution in [3.8, 4) is 5.75 Å². The molecule has 1 heterocycles. The predicted octanol–water partition coefficient (Wildman–Crippen LogP) is 4.79. The Labute approximate surface area is 223 Å². The Morgan fingerprint density at radius 2 is 2.05 bits per heavy atom. The van der Waals surface area contributed by atoms with Crippen LogP contribution >= 0.6 is 27.3 Å². The molecule has 0 fully saturated rings. The third-order valence-corrected chi connectivity index (χ3v) is 6.73. The molecular formula is C23H25BrF3N5O4S. The van der Waals surface area contributed by atoms with Crippen molar-refractivity contribution in [1.82, 2.24) is 10.3 Å². The average Bonchev–Trinajstić information content (AvgIpc) is 3.33. The Balaban J connectivity index is 2.22. The van der Waals surface area contributed by atoms with Crippen molar-refractivity contribution >= 4 is 50.5 Å². The van der Waals surface area contributed by atoms with Gasteiger partial charge in [-0.1, -0.05) is 6.58 Å². The number of nitrogens with zero attached hydrogens (tertiary/aromatic N) is 2. The first-order chi connectivity index (χ1) is 17.4. The standard InChI is InChI=1S/C23H25BrF3N5O4S/c1-5-29-19(18(24)12(2)28)21(34)31-13(3)22-30-11-17(37-22)20(33)32-15-10-14(23(25,26)27)6-7-16(15)36-9-8-35-4/h5-7,10-11,13H,1,8-9,28H2,2-4H3,(H,31,34)(H,32,33)/b18-12-,29-19?. The smallest absolute Gasteiger partial charge is 0.416 e. The van der Waals surface area contributed by atoms with Crippen molar-refractivity contribution in [2.45, 2.75) is 26.1 Å². The van der Waals surface area contributed by atoms with E-state index in [9.17, 15) is 22.8 Å². The number of allylic oxidation sites excluding steroid dienone is 1. The molecule has 2 aromatic rings. The van der Waals surface area contributed by atoms with Crippen molar-refractivity contribution in [3.05, 3.63) is 62.8 Å². The van der Waals surface area contributed by atoms with Crippen molar-refractivity contribution in [1.29, 1.82) is 0 Å². The SMILES string of the molecule is C=CN=C(C(=O)NC(C)c1ncc(C(=O)Nc2cc(C(F)(F)F)ccc2OCCOC)s1)/C(Br)=C(\C)N. The van der Waals surface area contributed by atoms with E-state index in [2.05, 4.69) is 43.1 Å². The van der Waals surface area contributed by atoms with Crippen LogP contribution in [0.4, 0.5) is 18.9 Å². The van der Waals surface area contributed by atoms with E-state index in [0.717, 1.165) is 29.5 Å². The minimum atomic E-state index is -4.61. The molecule has 0 aliphatic carbocycles. The average molecular weight is 604 g/mol. The molecule has 0 saturated carbocycles. The van der Waals surface area contributed by atoms with Gasteiger partial charge in [-0.2, -0.15) is 13.2 Å². The van der Waals surface area contributed by atoms with Gasteiger partial charge in [0.05, 0.1) is 34.6 Å². The minimum absolute atomic E-state index is 0.00178. The molecule has 37 heavy (non-hydrogen) atoms. The number of carbonyl (C=O) groups is 2. The Bertz CT molecular complexity index is 1210. The number of nitrogens with two attached hydrogens (primary N) is 1. The maximum atomic E-state index is 13.2. The van der Waals surface area contributed by atoms with Gasteiger partial charge in [0.1, 0.15) is 28.0 Å². The van der Waals surface area contributed by atoms with Crippen LogP contribution in [-0.2, 0) is 15.7 Å². The van der Waals surface area contributed by atoms with Crippen LogP contribution in [0.25, 0.3) is 0 Å². The molecule has 0 saturated heterocycles. The van der Waals surface area contributed by atoms with E-state index in [0.29, 0.717) is 15.2 Å². The van der Waals surface area contributed by atoms with E-state index in [-0.39, 0.29) is 35.2 Å².